The van der Waals surface area contributed by atoms with Crippen molar-refractivity contribution in [2.45, 2.75) is 48.9 Å². The quantitative estimate of drug-likeness (QED) is 0.869. The maximum Gasteiger partial charge on any atom is 0.253 e. The lowest BCUT2D eigenvalue weighted by molar-refractivity contribution is -0.136. The molecule has 0 saturated carbocycles. The second kappa shape index (κ2) is 7.11. The molecule has 24 heavy (non-hydrogen) atoms. The fourth-order valence-electron chi connectivity index (χ4n) is 3.66. The van der Waals surface area contributed by atoms with Crippen LogP contribution in [0.2, 0.25) is 0 Å². The molecule has 0 spiro atoms. The van der Waals surface area contributed by atoms with Crippen molar-refractivity contribution in [3.63, 3.8) is 0 Å². The van der Waals surface area contributed by atoms with E-state index >= 15 is 0 Å². The van der Waals surface area contributed by atoms with Gasteiger partial charge in [-0.05, 0) is 50.0 Å². The zero-order valence-electron chi connectivity index (χ0n) is 13.9. The zero-order valence-corrected chi connectivity index (χ0v) is 15.6. The monoisotopic (exact) mass is 371 g/mol. The minimum absolute atomic E-state index is 0.0456. The summed E-state index contributed by atoms with van der Waals surface area (Å²) in [4.78, 5) is 14.7. The maximum absolute atomic E-state index is 12.9. The second-order valence-corrected chi connectivity index (χ2v) is 9.79. The van der Waals surface area contributed by atoms with E-state index in [1.54, 1.807) is 17.5 Å². The van der Waals surface area contributed by atoms with E-state index in [2.05, 4.69) is 0 Å². The minimum Gasteiger partial charge on any atom is -0.341 e. The van der Waals surface area contributed by atoms with Crippen LogP contribution in [0, 0.1) is 5.92 Å². The third-order valence-corrected chi connectivity index (χ3v) is 8.42. The van der Waals surface area contributed by atoms with E-state index in [-0.39, 0.29) is 11.9 Å². The van der Waals surface area contributed by atoms with Crippen LogP contribution in [-0.4, -0.2) is 55.2 Å². The molecule has 2 aliphatic rings. The van der Waals surface area contributed by atoms with Gasteiger partial charge in [-0.3, -0.25) is 4.79 Å². The van der Waals surface area contributed by atoms with Crippen LogP contribution in [0.1, 0.15) is 32.6 Å². The van der Waals surface area contributed by atoms with Crippen LogP contribution >= 0.6 is 11.3 Å². The van der Waals surface area contributed by atoms with Gasteiger partial charge in [-0.25, -0.2) is 8.42 Å². The Bertz CT molecular complexity index is 665. The standard InChI is InChI=1S/C16H25N3O3S2/c1-12(17)13-6-9-18(10-7-13)16(20)14-4-2-8-19(14)24(21,22)15-5-3-11-23-15/h3,5,11-14H,2,4,6-10,17H2,1H3. The number of amides is 1. The van der Waals surface area contributed by atoms with Gasteiger partial charge < -0.3 is 10.6 Å². The molecule has 1 amide bonds. The number of carbonyl (C=O) groups excluding carboxylic acids is 1. The Kier molecular flexibility index (Phi) is 5.29. The van der Waals surface area contributed by atoms with Gasteiger partial charge in [-0.1, -0.05) is 6.07 Å². The van der Waals surface area contributed by atoms with Gasteiger partial charge >= 0.3 is 0 Å². The molecule has 134 valence electrons. The third-order valence-electron chi connectivity index (χ3n) is 5.14. The van der Waals surface area contributed by atoms with E-state index in [1.165, 1.54) is 15.6 Å². The molecule has 2 aliphatic heterocycles. The molecule has 2 unspecified atom stereocenters. The highest BCUT2D eigenvalue weighted by Gasteiger charge is 2.42. The molecular weight excluding hydrogens is 346 g/mol. The molecule has 0 radical (unpaired) electrons. The molecule has 8 heteroatoms. The molecule has 0 bridgehead atoms. The number of hydrogen-bond donors (Lipinski definition) is 1. The number of nitrogens with zero attached hydrogens (tertiary/aromatic N) is 2. The molecule has 0 aliphatic carbocycles. The summed E-state index contributed by atoms with van der Waals surface area (Å²) >= 11 is 1.20. The van der Waals surface area contributed by atoms with Crippen molar-refractivity contribution in [1.29, 1.82) is 0 Å². The lowest BCUT2D eigenvalue weighted by atomic mass is 9.90. The van der Waals surface area contributed by atoms with Crippen LogP contribution in [-0.2, 0) is 14.8 Å². The van der Waals surface area contributed by atoms with E-state index in [0.717, 1.165) is 19.3 Å². The Hall–Kier alpha value is -0.960. The summed E-state index contributed by atoms with van der Waals surface area (Å²) in [6, 6.07) is 2.92. The SMILES string of the molecule is CC(N)C1CCN(C(=O)C2CCCN2S(=O)(=O)c2cccs2)CC1. The first-order valence-electron chi connectivity index (χ1n) is 8.51. The number of sulfonamides is 1. The average molecular weight is 372 g/mol. The molecule has 3 rings (SSSR count). The fourth-order valence-corrected chi connectivity index (χ4v) is 6.43. The Morgan fingerprint density at radius 1 is 1.29 bits per heavy atom. The van der Waals surface area contributed by atoms with Gasteiger partial charge in [-0.15, -0.1) is 11.3 Å². The Morgan fingerprint density at radius 3 is 2.58 bits per heavy atom. The molecule has 1 aromatic heterocycles. The second-order valence-electron chi connectivity index (χ2n) is 6.73. The molecule has 2 N–H and O–H groups in total. The highest BCUT2D eigenvalue weighted by molar-refractivity contribution is 7.91. The van der Waals surface area contributed by atoms with Crippen LogP contribution in [0.3, 0.4) is 0 Å². The summed E-state index contributed by atoms with van der Waals surface area (Å²) in [5.74, 6) is 0.402. The smallest absolute Gasteiger partial charge is 0.253 e. The number of carbonyl (C=O) groups is 1. The third kappa shape index (κ3) is 3.37. The summed E-state index contributed by atoms with van der Waals surface area (Å²) < 4.78 is 27.3. The fraction of sp³-hybridized carbons (Fsp3) is 0.688. The van der Waals surface area contributed by atoms with Crippen molar-refractivity contribution in [1.82, 2.24) is 9.21 Å². The van der Waals surface area contributed by atoms with Crippen molar-refractivity contribution in [3.05, 3.63) is 17.5 Å². The predicted octanol–water partition coefficient (Wildman–Crippen LogP) is 1.49. The molecule has 2 fully saturated rings. The van der Waals surface area contributed by atoms with Gasteiger partial charge in [0.25, 0.3) is 10.0 Å². The molecule has 6 nitrogen and oxygen atoms in total. The van der Waals surface area contributed by atoms with Crippen LogP contribution in [0.15, 0.2) is 21.7 Å². The molecule has 0 aromatic carbocycles. The Balaban J connectivity index is 1.71. The summed E-state index contributed by atoms with van der Waals surface area (Å²) in [6.07, 6.45) is 3.13. The number of thiophene rings is 1. The minimum atomic E-state index is -3.57. The summed E-state index contributed by atoms with van der Waals surface area (Å²) in [6.45, 7) is 3.78. The molecular formula is C16H25N3O3S2. The number of nitrogens with two attached hydrogens (primary N) is 1. The van der Waals surface area contributed by atoms with Crippen molar-refractivity contribution >= 4 is 27.3 Å². The van der Waals surface area contributed by atoms with Crippen LogP contribution < -0.4 is 5.73 Å². The van der Waals surface area contributed by atoms with E-state index in [1.807, 2.05) is 11.8 Å². The van der Waals surface area contributed by atoms with E-state index in [9.17, 15) is 13.2 Å². The first-order chi connectivity index (χ1) is 11.4. The van der Waals surface area contributed by atoms with Crippen molar-refractivity contribution in [2.24, 2.45) is 11.7 Å². The molecule has 2 atom stereocenters. The molecule has 3 heterocycles. The summed E-state index contributed by atoms with van der Waals surface area (Å²) in [5.41, 5.74) is 5.95. The van der Waals surface area contributed by atoms with Gasteiger partial charge in [0.1, 0.15) is 10.3 Å². The van der Waals surface area contributed by atoms with Crippen molar-refractivity contribution in [2.75, 3.05) is 19.6 Å². The Labute approximate surface area is 147 Å². The highest BCUT2D eigenvalue weighted by Crippen LogP contribution is 2.30. The maximum atomic E-state index is 12.9. The number of hydrogen-bond acceptors (Lipinski definition) is 5. The lowest BCUT2D eigenvalue weighted by Crippen LogP contribution is -2.50. The van der Waals surface area contributed by atoms with E-state index in [0.29, 0.717) is 36.2 Å². The van der Waals surface area contributed by atoms with Crippen LogP contribution in [0.4, 0.5) is 0 Å². The first kappa shape index (κ1) is 17.8. The van der Waals surface area contributed by atoms with Crippen LogP contribution in [0.25, 0.3) is 0 Å². The Morgan fingerprint density at radius 2 is 2.00 bits per heavy atom. The summed E-state index contributed by atoms with van der Waals surface area (Å²) in [7, 11) is -3.57. The average Bonchev–Trinajstić information content (AvgIpc) is 3.26. The van der Waals surface area contributed by atoms with Crippen molar-refractivity contribution in [3.8, 4) is 0 Å². The number of rotatable bonds is 4. The summed E-state index contributed by atoms with van der Waals surface area (Å²) in [5, 5.41) is 1.75. The topological polar surface area (TPSA) is 83.7 Å². The van der Waals surface area contributed by atoms with Gasteiger partial charge in [0, 0.05) is 25.7 Å². The van der Waals surface area contributed by atoms with Gasteiger partial charge in [0.15, 0.2) is 0 Å². The molecule has 1 aromatic rings. The predicted molar refractivity (Wildman–Crippen MR) is 94.2 cm³/mol. The molecule has 2 saturated heterocycles. The van der Waals surface area contributed by atoms with Gasteiger partial charge in [0.2, 0.25) is 5.91 Å². The first-order valence-corrected chi connectivity index (χ1v) is 10.8. The van der Waals surface area contributed by atoms with E-state index < -0.39 is 16.1 Å². The van der Waals surface area contributed by atoms with Gasteiger partial charge in [-0.2, -0.15) is 4.31 Å². The van der Waals surface area contributed by atoms with E-state index in [4.69, 9.17) is 5.73 Å². The highest BCUT2D eigenvalue weighted by atomic mass is 32.2. The van der Waals surface area contributed by atoms with Crippen molar-refractivity contribution < 1.29 is 13.2 Å². The largest absolute Gasteiger partial charge is 0.341 e. The zero-order chi connectivity index (χ0) is 17.3. The van der Waals surface area contributed by atoms with Gasteiger partial charge in [0.05, 0.1) is 0 Å². The normalized spacial score (nSPS) is 25.1. The number of likely N-dealkylation sites (tertiary alicyclic amines) is 1. The lowest BCUT2D eigenvalue weighted by Gasteiger charge is -2.36. The van der Waals surface area contributed by atoms with Crippen LogP contribution in [0.5, 0.6) is 0 Å². The number of piperidine rings is 1.